The van der Waals surface area contributed by atoms with Crippen molar-refractivity contribution in [1.82, 2.24) is 9.97 Å². The SMILES string of the molecule is NC(=O)c1cccc(S(=O)(=O)c2cc3c(c([N+](=O)[O-])c2)N[C@H](C2CCOCC2)CO3)c1N1C[C@@H](C(F)(F)F)Oc2nc3[nH]ccc3cc21. The van der Waals surface area contributed by atoms with Crippen molar-refractivity contribution in [2.24, 2.45) is 11.7 Å². The van der Waals surface area contributed by atoms with Gasteiger partial charge in [0.05, 0.1) is 38.6 Å². The van der Waals surface area contributed by atoms with Crippen molar-refractivity contribution in [2.75, 3.05) is 36.6 Å². The molecule has 3 aliphatic heterocycles. The summed E-state index contributed by atoms with van der Waals surface area (Å²) >= 11 is 0. The number of nitro benzene ring substituents is 1. The van der Waals surface area contributed by atoms with Gasteiger partial charge in [0.2, 0.25) is 21.8 Å². The molecule has 0 radical (unpaired) electrons. The molecular weight excluding hydrogens is 661 g/mol. The number of alkyl halides is 3. The number of sulfone groups is 1. The van der Waals surface area contributed by atoms with Gasteiger partial charge in [-0.05, 0) is 43.0 Å². The summed E-state index contributed by atoms with van der Waals surface area (Å²) in [6.07, 6.45) is -4.47. The number of hydrogen-bond acceptors (Lipinski definition) is 11. The number of H-pyrrole nitrogens is 1. The topological polar surface area (TPSA) is 192 Å². The number of halogens is 3. The number of nitrogens with zero attached hydrogens (tertiary/aromatic N) is 3. The second kappa shape index (κ2) is 11.6. The van der Waals surface area contributed by atoms with Gasteiger partial charge in [-0.2, -0.15) is 18.2 Å². The van der Waals surface area contributed by atoms with Gasteiger partial charge in [0.25, 0.3) is 11.6 Å². The molecule has 0 bridgehead atoms. The summed E-state index contributed by atoms with van der Waals surface area (Å²) in [5.74, 6) is -1.58. The number of anilines is 3. The molecule has 4 N–H and O–H groups in total. The molecule has 2 atom stereocenters. The number of nitrogens with two attached hydrogens (primary N) is 1. The van der Waals surface area contributed by atoms with Crippen LogP contribution in [0.1, 0.15) is 23.2 Å². The standard InChI is InChI=1S/C30H27F3N6O8S/c31-30(32,33)24-13-38(21-10-16-4-7-35-28(16)37-29(21)47-24)26-18(27(34)40)2-1-3-23(26)48(43,44)17-11-20(39(41)42)25-22(12-17)46-14-19(36-25)15-5-8-45-9-6-15/h1-4,7,10-12,15,19,24,36H,5-6,8-9,13-14H2,(H2,34,40)(H,35,37)/t19-,24-/m0/s1. The summed E-state index contributed by atoms with van der Waals surface area (Å²) in [5.41, 5.74) is 4.34. The monoisotopic (exact) mass is 688 g/mol. The highest BCUT2D eigenvalue weighted by atomic mass is 32.2. The molecule has 7 rings (SSSR count). The Kier molecular flexibility index (Phi) is 7.58. The third-order valence-corrected chi connectivity index (χ3v) is 10.5. The largest absolute Gasteiger partial charge is 0.489 e. The third-order valence-electron chi connectivity index (χ3n) is 8.71. The molecule has 0 unspecified atom stereocenters. The quantitative estimate of drug-likeness (QED) is 0.191. The maximum absolute atomic E-state index is 14.4. The van der Waals surface area contributed by atoms with Crippen molar-refractivity contribution in [2.45, 2.75) is 41.0 Å². The smallest absolute Gasteiger partial charge is 0.427 e. The van der Waals surface area contributed by atoms with E-state index < -0.39 is 72.1 Å². The highest BCUT2D eigenvalue weighted by Crippen LogP contribution is 2.47. The highest BCUT2D eigenvalue weighted by Gasteiger charge is 2.48. The van der Waals surface area contributed by atoms with E-state index in [2.05, 4.69) is 15.3 Å². The van der Waals surface area contributed by atoms with Crippen LogP contribution in [0.15, 0.2) is 58.5 Å². The van der Waals surface area contributed by atoms with Crippen LogP contribution in [0.5, 0.6) is 11.6 Å². The maximum atomic E-state index is 14.4. The van der Waals surface area contributed by atoms with Crippen LogP contribution in [0.25, 0.3) is 11.0 Å². The van der Waals surface area contributed by atoms with Crippen molar-refractivity contribution in [3.8, 4) is 11.6 Å². The first-order valence-electron chi connectivity index (χ1n) is 14.8. The van der Waals surface area contributed by atoms with Crippen LogP contribution in [0.3, 0.4) is 0 Å². The first-order valence-corrected chi connectivity index (χ1v) is 16.3. The van der Waals surface area contributed by atoms with Crippen LogP contribution in [0.2, 0.25) is 0 Å². The molecule has 3 aliphatic rings. The second-order valence-electron chi connectivity index (χ2n) is 11.6. The molecule has 1 fully saturated rings. The maximum Gasteiger partial charge on any atom is 0.427 e. The number of aromatic amines is 1. The zero-order valence-corrected chi connectivity index (χ0v) is 25.6. The van der Waals surface area contributed by atoms with Gasteiger partial charge >= 0.3 is 6.18 Å². The van der Waals surface area contributed by atoms with E-state index in [0.29, 0.717) is 31.4 Å². The highest BCUT2D eigenvalue weighted by molar-refractivity contribution is 7.91. The van der Waals surface area contributed by atoms with Crippen molar-refractivity contribution in [3.05, 3.63) is 64.3 Å². The summed E-state index contributed by atoms with van der Waals surface area (Å²) in [4.78, 5) is 31.0. The van der Waals surface area contributed by atoms with Crippen molar-refractivity contribution in [1.29, 1.82) is 0 Å². The fourth-order valence-corrected chi connectivity index (χ4v) is 7.82. The zero-order valence-electron chi connectivity index (χ0n) is 24.8. The van der Waals surface area contributed by atoms with Crippen LogP contribution in [0, 0.1) is 16.0 Å². The number of carbonyl (C=O) groups excluding carboxylic acids is 1. The van der Waals surface area contributed by atoms with Crippen LogP contribution < -0.4 is 25.4 Å². The molecule has 5 heterocycles. The number of benzene rings is 2. The van der Waals surface area contributed by atoms with Crippen molar-refractivity contribution < 1.29 is 45.5 Å². The van der Waals surface area contributed by atoms with Crippen LogP contribution >= 0.6 is 0 Å². The molecule has 1 amide bonds. The molecule has 2 aromatic heterocycles. The number of amides is 1. The Bertz CT molecular complexity index is 2070. The van der Waals surface area contributed by atoms with E-state index in [0.717, 1.165) is 23.1 Å². The van der Waals surface area contributed by atoms with Crippen molar-refractivity contribution in [3.63, 3.8) is 0 Å². The average molecular weight is 689 g/mol. The molecular formula is C30H27F3N6O8S. The number of pyridine rings is 1. The Labute approximate surface area is 270 Å². The number of para-hydroxylation sites is 1. The minimum Gasteiger partial charge on any atom is -0.489 e. The fraction of sp³-hybridized carbons (Fsp3) is 0.333. The van der Waals surface area contributed by atoms with E-state index in [9.17, 15) is 36.5 Å². The molecule has 2 aromatic carbocycles. The average Bonchev–Trinajstić information content (AvgIpc) is 3.53. The molecule has 0 saturated carbocycles. The fourth-order valence-electron chi connectivity index (χ4n) is 6.31. The Morgan fingerprint density at radius 1 is 1.15 bits per heavy atom. The van der Waals surface area contributed by atoms with Crippen molar-refractivity contribution >= 4 is 49.5 Å². The van der Waals surface area contributed by atoms with E-state index in [1.54, 1.807) is 6.07 Å². The predicted octanol–water partition coefficient (Wildman–Crippen LogP) is 4.46. The number of aromatic nitrogens is 2. The van der Waals surface area contributed by atoms with Gasteiger partial charge in [0, 0.05) is 36.9 Å². The molecule has 1 saturated heterocycles. The summed E-state index contributed by atoms with van der Waals surface area (Å²) in [6.45, 7) is 0.201. The lowest BCUT2D eigenvalue weighted by molar-refractivity contribution is -0.384. The van der Waals surface area contributed by atoms with E-state index in [1.165, 1.54) is 24.4 Å². The normalized spacial score (nSPS) is 19.9. The van der Waals surface area contributed by atoms with Gasteiger partial charge in [-0.1, -0.05) is 6.07 Å². The lowest BCUT2D eigenvalue weighted by Crippen LogP contribution is -2.47. The number of fused-ring (bicyclic) bond motifs is 3. The van der Waals surface area contributed by atoms with E-state index in [1.807, 2.05) is 0 Å². The minimum absolute atomic E-state index is 0.00419. The molecule has 18 heteroatoms. The first-order chi connectivity index (χ1) is 22.8. The molecule has 48 heavy (non-hydrogen) atoms. The molecule has 0 aliphatic carbocycles. The van der Waals surface area contributed by atoms with Gasteiger partial charge in [0.1, 0.15) is 17.9 Å². The van der Waals surface area contributed by atoms with Crippen LogP contribution in [0.4, 0.5) is 35.9 Å². The zero-order chi connectivity index (χ0) is 34.0. The van der Waals surface area contributed by atoms with Gasteiger partial charge in [-0.15, -0.1) is 0 Å². The first kappa shape index (κ1) is 31.5. The Morgan fingerprint density at radius 2 is 1.92 bits per heavy atom. The van der Waals surface area contributed by atoms with Gasteiger partial charge in [-0.25, -0.2) is 8.42 Å². The molecule has 4 aromatic rings. The van der Waals surface area contributed by atoms with E-state index >= 15 is 0 Å². The Hall–Kier alpha value is -5.10. The second-order valence-corrected chi connectivity index (χ2v) is 13.5. The third kappa shape index (κ3) is 5.39. The number of hydrogen-bond donors (Lipinski definition) is 3. The van der Waals surface area contributed by atoms with Gasteiger partial charge in [-0.3, -0.25) is 14.9 Å². The van der Waals surface area contributed by atoms with Gasteiger partial charge < -0.3 is 35.1 Å². The summed E-state index contributed by atoms with van der Waals surface area (Å²) < 4.78 is 87.9. The summed E-state index contributed by atoms with van der Waals surface area (Å²) in [5, 5.41) is 15.9. The number of carbonyl (C=O) groups is 1. The lowest BCUT2D eigenvalue weighted by Gasteiger charge is -2.37. The number of ether oxygens (including phenoxy) is 3. The molecule has 252 valence electrons. The number of primary amides is 1. The van der Waals surface area contributed by atoms with Crippen LogP contribution in [-0.2, 0) is 14.6 Å². The Balaban J connectivity index is 1.38. The van der Waals surface area contributed by atoms with Gasteiger partial charge in [0.15, 0.2) is 11.4 Å². The van der Waals surface area contributed by atoms with Crippen LogP contribution in [-0.4, -0.2) is 73.9 Å². The minimum atomic E-state index is -4.92. The lowest BCUT2D eigenvalue weighted by atomic mass is 9.91. The van der Waals surface area contributed by atoms with E-state index in [-0.39, 0.29) is 41.3 Å². The van der Waals surface area contributed by atoms with E-state index in [4.69, 9.17) is 19.9 Å². The predicted molar refractivity (Wildman–Crippen MR) is 164 cm³/mol. The number of rotatable bonds is 6. The number of nitrogens with one attached hydrogen (secondary N) is 2. The Morgan fingerprint density at radius 3 is 2.62 bits per heavy atom. The molecule has 0 spiro atoms. The number of nitro groups is 1. The summed E-state index contributed by atoms with van der Waals surface area (Å²) in [6, 6.07) is 8.18. The summed E-state index contributed by atoms with van der Waals surface area (Å²) in [7, 11) is -4.81. The molecule has 14 nitrogen and oxygen atoms in total.